The second kappa shape index (κ2) is 12.2. The lowest BCUT2D eigenvalue weighted by molar-refractivity contribution is -0.156. The second-order valence-corrected chi connectivity index (χ2v) is 15.3. The number of hydrogen-bond donors (Lipinski definition) is 3. The lowest BCUT2D eigenvalue weighted by Crippen LogP contribution is -2.47. The number of likely N-dealkylation sites (tertiary alicyclic amines) is 1. The molecular weight excluding hydrogens is 643 g/mol. The first kappa shape index (κ1) is 31.5. The van der Waals surface area contributed by atoms with Crippen molar-refractivity contribution in [2.24, 2.45) is 35.5 Å². The van der Waals surface area contributed by atoms with Crippen molar-refractivity contribution in [1.29, 1.82) is 0 Å². The van der Waals surface area contributed by atoms with E-state index in [1.54, 1.807) is 30.0 Å². The molecule has 3 aromatic rings. The van der Waals surface area contributed by atoms with E-state index in [2.05, 4.69) is 10.3 Å². The summed E-state index contributed by atoms with van der Waals surface area (Å²) in [5.41, 5.74) is 1.53. The quantitative estimate of drug-likeness (QED) is 0.264. The predicted molar refractivity (Wildman–Crippen MR) is 175 cm³/mol. The number of rotatable bonds is 10. The van der Waals surface area contributed by atoms with E-state index in [0.29, 0.717) is 23.6 Å². The molecule has 0 radical (unpaired) electrons. The van der Waals surface area contributed by atoms with Crippen molar-refractivity contribution in [3.63, 3.8) is 0 Å². The van der Waals surface area contributed by atoms with Gasteiger partial charge in [-0.1, -0.05) is 49.4 Å². The number of carbonyl (C=O) groups is 4. The fourth-order valence-electron chi connectivity index (χ4n) is 8.34. The molecule has 2 bridgehead atoms. The van der Waals surface area contributed by atoms with Gasteiger partial charge in [-0.2, -0.15) is 0 Å². The van der Waals surface area contributed by atoms with Gasteiger partial charge in [0.15, 0.2) is 18.1 Å². The number of fused-ring (bicyclic) bond motifs is 9. The Hall–Kier alpha value is -4.10. The van der Waals surface area contributed by atoms with Crippen LogP contribution in [0.25, 0.3) is 0 Å². The number of nitrogens with one attached hydrogen (secondary N) is 2. The van der Waals surface area contributed by atoms with Crippen molar-refractivity contribution in [2.45, 2.75) is 48.9 Å². The Bertz CT molecular complexity index is 1810. The van der Waals surface area contributed by atoms with E-state index in [9.17, 15) is 29.1 Å². The Morgan fingerprint density at radius 3 is 2.45 bits per heavy atom. The van der Waals surface area contributed by atoms with Gasteiger partial charge in [0.1, 0.15) is 6.04 Å². The number of amides is 3. The third-order valence-corrected chi connectivity index (χ3v) is 12.6. The number of aliphatic carboxylic acids is 1. The number of imide groups is 1. The highest BCUT2D eigenvalue weighted by atomic mass is 32.2. The van der Waals surface area contributed by atoms with Gasteiger partial charge in [0.2, 0.25) is 11.8 Å². The predicted octanol–water partition coefficient (Wildman–Crippen LogP) is 4.44. The van der Waals surface area contributed by atoms with Crippen molar-refractivity contribution >= 4 is 52.5 Å². The van der Waals surface area contributed by atoms with Crippen LogP contribution in [0.15, 0.2) is 58.4 Å². The van der Waals surface area contributed by atoms with E-state index in [-0.39, 0.29) is 70.5 Å². The van der Waals surface area contributed by atoms with Gasteiger partial charge in [-0.3, -0.25) is 24.1 Å². The number of anilines is 1. The molecule has 3 heterocycles. The highest BCUT2D eigenvalue weighted by Gasteiger charge is 2.70. The minimum atomic E-state index is -1.19. The summed E-state index contributed by atoms with van der Waals surface area (Å²) in [5, 5.41) is 13.5. The number of H-pyrrole nitrogens is 1. The van der Waals surface area contributed by atoms with Crippen LogP contribution in [-0.2, 0) is 19.2 Å². The van der Waals surface area contributed by atoms with Gasteiger partial charge in [0.05, 0.1) is 24.0 Å². The molecule has 1 saturated heterocycles. The highest BCUT2D eigenvalue weighted by Crippen LogP contribution is 2.68. The number of carboxylic acid groups (broad SMARTS) is 1. The van der Waals surface area contributed by atoms with Crippen LogP contribution in [0.5, 0.6) is 11.5 Å². The average molecular weight is 678 g/mol. The Balaban J connectivity index is 1.19. The second-order valence-electron chi connectivity index (χ2n) is 13.1. The van der Waals surface area contributed by atoms with E-state index in [4.69, 9.17) is 9.47 Å². The third kappa shape index (κ3) is 5.33. The van der Waals surface area contributed by atoms with Gasteiger partial charge in [0.25, 0.3) is 5.91 Å². The van der Waals surface area contributed by atoms with Gasteiger partial charge in [-0.05, 0) is 66.3 Å². The van der Waals surface area contributed by atoms with Crippen LogP contribution in [0.2, 0.25) is 0 Å². The molecule has 3 amide bonds. The molecule has 13 heteroatoms. The summed E-state index contributed by atoms with van der Waals surface area (Å²) in [4.78, 5) is 70.0. The molecule has 47 heavy (non-hydrogen) atoms. The molecule has 7 unspecified atom stereocenters. The van der Waals surface area contributed by atoms with Crippen LogP contribution in [0.1, 0.15) is 43.0 Å². The van der Waals surface area contributed by atoms with Crippen LogP contribution < -0.4 is 19.7 Å². The van der Waals surface area contributed by atoms with Crippen LogP contribution in [0.3, 0.4) is 0 Å². The Kier molecular flexibility index (Phi) is 8.15. The number of carboxylic acids is 1. The van der Waals surface area contributed by atoms with E-state index < -0.39 is 23.8 Å². The van der Waals surface area contributed by atoms with Gasteiger partial charge < -0.3 is 24.9 Å². The zero-order valence-electron chi connectivity index (χ0n) is 26.0. The molecule has 2 saturated carbocycles. The smallest absolute Gasteiger partial charge is 0.326 e. The number of aromatic nitrogens is 1. The van der Waals surface area contributed by atoms with Gasteiger partial charge in [0, 0.05) is 21.7 Å². The molecule has 246 valence electrons. The number of nitrogens with zero attached hydrogens (tertiary/aromatic N) is 1. The van der Waals surface area contributed by atoms with Crippen LogP contribution >= 0.6 is 23.1 Å². The molecule has 2 aromatic carbocycles. The molecule has 0 spiro atoms. The summed E-state index contributed by atoms with van der Waals surface area (Å²) in [5.74, 6) is -3.20. The van der Waals surface area contributed by atoms with Crippen LogP contribution in [0.4, 0.5) is 5.69 Å². The third-order valence-electron chi connectivity index (χ3n) is 10.0. The van der Waals surface area contributed by atoms with E-state index in [1.807, 2.05) is 44.2 Å². The molecule has 2 aliphatic carbocycles. The molecule has 3 fully saturated rings. The number of ether oxygens (including phenoxy) is 2. The average Bonchev–Trinajstić information content (AvgIpc) is 3.78. The number of para-hydroxylation sites is 1. The number of aromatic amines is 1. The standard InChI is InChI=1S/C34H35N3O8S2/c1-15(2)11-20(33(41)42)37-31(39)26-18-13-19(27(26)32(37)40)28-25(18)24(29-30(46-28)36-34(43)47-29)16-9-10-21(22(12-16)44-3)45-14-23(38)35-17-7-5-4-6-8-17/h4-10,12,15,18-20,24-28H,11,13-14H2,1-3H3,(H,35,38)(H,36,43)(H,41,42)/t18?,19?,20?,24-,25?,26?,27?,28?/m1/s1. The largest absolute Gasteiger partial charge is 0.493 e. The number of hydrogen-bond acceptors (Lipinski definition) is 9. The number of thiazole rings is 1. The molecule has 8 atom stereocenters. The fourth-order valence-corrected chi connectivity index (χ4v) is 11.2. The maximum atomic E-state index is 14.0. The molecule has 3 N–H and O–H groups in total. The van der Waals surface area contributed by atoms with Crippen LogP contribution in [0, 0.1) is 35.5 Å². The molecular formula is C34H35N3O8S2. The number of benzene rings is 2. The van der Waals surface area contributed by atoms with E-state index in [1.165, 1.54) is 7.11 Å². The van der Waals surface area contributed by atoms with Gasteiger partial charge >= 0.3 is 10.8 Å². The van der Waals surface area contributed by atoms with Crippen LogP contribution in [-0.4, -0.2) is 63.7 Å². The Morgan fingerprint density at radius 1 is 1.04 bits per heavy atom. The van der Waals surface area contributed by atoms with Crippen molar-refractivity contribution in [2.75, 3.05) is 19.0 Å². The van der Waals surface area contributed by atoms with Gasteiger partial charge in [-0.25, -0.2) is 4.79 Å². The highest BCUT2D eigenvalue weighted by molar-refractivity contribution is 8.00. The SMILES string of the molecule is COc1cc([C@H]2c3sc(=O)[nH]c3SC3C4CC(C5C(=O)N(C(CC(C)C)C(=O)O)C(=O)C45)C32)ccc1OCC(=O)Nc1ccccc1. The number of methoxy groups -OCH3 is 1. The number of carbonyl (C=O) groups excluding carboxylic acids is 3. The summed E-state index contributed by atoms with van der Waals surface area (Å²) in [6, 6.07) is 13.4. The van der Waals surface area contributed by atoms with Crippen molar-refractivity contribution in [3.8, 4) is 11.5 Å². The first-order valence-electron chi connectivity index (χ1n) is 15.7. The Labute approximate surface area is 279 Å². The zero-order valence-corrected chi connectivity index (χ0v) is 27.6. The van der Waals surface area contributed by atoms with Crippen molar-refractivity contribution < 1.29 is 33.8 Å². The molecule has 11 nitrogen and oxygen atoms in total. The normalized spacial score (nSPS) is 27.7. The first-order chi connectivity index (χ1) is 22.6. The maximum Gasteiger partial charge on any atom is 0.326 e. The Morgan fingerprint density at radius 2 is 1.77 bits per heavy atom. The molecule has 4 aliphatic rings. The fraction of sp³-hybridized carbons (Fsp3) is 0.441. The van der Waals surface area contributed by atoms with Gasteiger partial charge in [-0.15, -0.1) is 11.8 Å². The molecule has 2 aliphatic heterocycles. The van der Waals surface area contributed by atoms with Crippen molar-refractivity contribution in [3.05, 3.63) is 68.6 Å². The van der Waals surface area contributed by atoms with E-state index >= 15 is 0 Å². The lowest BCUT2D eigenvalue weighted by atomic mass is 9.68. The molecule has 1 aromatic heterocycles. The minimum Gasteiger partial charge on any atom is -0.493 e. The maximum absolute atomic E-state index is 14.0. The van der Waals surface area contributed by atoms with Crippen molar-refractivity contribution in [1.82, 2.24) is 9.88 Å². The first-order valence-corrected chi connectivity index (χ1v) is 17.4. The summed E-state index contributed by atoms with van der Waals surface area (Å²) in [7, 11) is 1.52. The zero-order chi connectivity index (χ0) is 33.1. The minimum absolute atomic E-state index is 0.00985. The summed E-state index contributed by atoms with van der Waals surface area (Å²) in [6.07, 6.45) is 0.891. The summed E-state index contributed by atoms with van der Waals surface area (Å²) in [6.45, 7) is 3.53. The topological polar surface area (TPSA) is 155 Å². The summed E-state index contributed by atoms with van der Waals surface area (Å²) < 4.78 is 11.5. The monoisotopic (exact) mass is 677 g/mol. The van der Waals surface area contributed by atoms with E-state index in [0.717, 1.165) is 31.7 Å². The number of thioether (sulfide) groups is 1. The molecule has 7 rings (SSSR count). The summed E-state index contributed by atoms with van der Waals surface area (Å²) >= 11 is 2.72. The lowest BCUT2D eigenvalue weighted by Gasteiger charge is -2.43.